The normalized spacial score (nSPS) is 25.9. The van der Waals surface area contributed by atoms with E-state index >= 15 is 0 Å². The molecule has 2 fully saturated rings. The fourth-order valence-corrected chi connectivity index (χ4v) is 3.71. The molecular weight excluding hydrogens is 260 g/mol. The summed E-state index contributed by atoms with van der Waals surface area (Å²) in [5.74, 6) is 0.259. The summed E-state index contributed by atoms with van der Waals surface area (Å²) in [5, 5.41) is 0. The first-order valence-electron chi connectivity index (χ1n) is 8.33. The molecule has 114 valence electrons. The zero-order valence-corrected chi connectivity index (χ0v) is 13.0. The van der Waals surface area contributed by atoms with Gasteiger partial charge in [-0.25, -0.2) is 0 Å². The number of Topliss-reactive ketones (excluding diaryl/α,β-unsaturated/α-hetero) is 1. The number of likely N-dealkylation sites (tertiary alicyclic amines) is 2. The van der Waals surface area contributed by atoms with Gasteiger partial charge in [0.25, 0.3) is 0 Å². The van der Waals surface area contributed by atoms with Crippen molar-refractivity contribution in [2.75, 3.05) is 26.2 Å². The minimum atomic E-state index is 0.00203. The van der Waals surface area contributed by atoms with Crippen LogP contribution < -0.4 is 0 Å². The number of hydrogen-bond acceptors (Lipinski definition) is 3. The van der Waals surface area contributed by atoms with Gasteiger partial charge in [0, 0.05) is 24.7 Å². The summed E-state index contributed by atoms with van der Waals surface area (Å²) >= 11 is 0. The van der Waals surface area contributed by atoms with Crippen molar-refractivity contribution in [2.24, 2.45) is 0 Å². The number of rotatable bonds is 4. The molecule has 2 heterocycles. The van der Waals surface area contributed by atoms with Gasteiger partial charge in [-0.2, -0.15) is 0 Å². The molecule has 2 unspecified atom stereocenters. The minimum Gasteiger partial charge on any atom is -0.299 e. The van der Waals surface area contributed by atoms with Gasteiger partial charge in [0.1, 0.15) is 0 Å². The maximum Gasteiger partial charge on any atom is 0.179 e. The van der Waals surface area contributed by atoms with Crippen molar-refractivity contribution in [1.29, 1.82) is 0 Å². The van der Waals surface area contributed by atoms with Gasteiger partial charge in [0.15, 0.2) is 5.78 Å². The van der Waals surface area contributed by atoms with Crippen molar-refractivity contribution < 1.29 is 4.79 Å². The maximum atomic E-state index is 12.6. The first-order valence-corrected chi connectivity index (χ1v) is 8.33. The van der Waals surface area contributed by atoms with Crippen molar-refractivity contribution in [2.45, 2.75) is 44.7 Å². The van der Waals surface area contributed by atoms with Crippen LogP contribution in [0.4, 0.5) is 0 Å². The lowest BCUT2D eigenvalue weighted by molar-refractivity contribution is 0.0850. The van der Waals surface area contributed by atoms with Crippen LogP contribution in [0.25, 0.3) is 0 Å². The highest BCUT2D eigenvalue weighted by molar-refractivity contribution is 5.99. The smallest absolute Gasteiger partial charge is 0.179 e. The Kier molecular flexibility index (Phi) is 4.71. The fraction of sp³-hybridized carbons (Fsp3) is 0.611. The van der Waals surface area contributed by atoms with Gasteiger partial charge >= 0.3 is 0 Å². The molecule has 0 saturated carbocycles. The molecule has 2 aliphatic rings. The molecule has 2 saturated heterocycles. The van der Waals surface area contributed by atoms with Crippen LogP contribution in [0.2, 0.25) is 0 Å². The van der Waals surface area contributed by atoms with Crippen molar-refractivity contribution in [1.82, 2.24) is 9.80 Å². The summed E-state index contributed by atoms with van der Waals surface area (Å²) in [5.41, 5.74) is 0.839. The second-order valence-corrected chi connectivity index (χ2v) is 6.44. The van der Waals surface area contributed by atoms with Crippen molar-refractivity contribution in [3.8, 4) is 0 Å². The Morgan fingerprint density at radius 3 is 2.52 bits per heavy atom. The second-order valence-electron chi connectivity index (χ2n) is 6.44. The van der Waals surface area contributed by atoms with Gasteiger partial charge in [-0.05, 0) is 39.3 Å². The van der Waals surface area contributed by atoms with Crippen LogP contribution in [0, 0.1) is 0 Å². The Bertz CT molecular complexity index is 467. The third-order valence-electron chi connectivity index (χ3n) is 5.09. The van der Waals surface area contributed by atoms with E-state index in [1.165, 1.54) is 38.8 Å². The van der Waals surface area contributed by atoms with Crippen LogP contribution in [0.15, 0.2) is 30.3 Å². The summed E-state index contributed by atoms with van der Waals surface area (Å²) in [6.07, 6.45) is 5.28. The largest absolute Gasteiger partial charge is 0.299 e. The lowest BCUT2D eigenvalue weighted by atomic mass is 10.0. The Labute approximate surface area is 127 Å². The number of nitrogens with zero attached hydrogens (tertiary/aromatic N) is 2. The Balaban J connectivity index is 1.59. The SMILES string of the molecule is CC(C(=O)c1ccccc1)N1CCC(N2CCCCC2)C1. The lowest BCUT2D eigenvalue weighted by Gasteiger charge is -2.32. The standard InChI is InChI=1S/C18H26N2O/c1-15(18(21)16-8-4-2-5-9-16)20-13-10-17(14-20)19-11-6-3-7-12-19/h2,4-5,8-9,15,17H,3,6-7,10-14H2,1H3. The van der Waals surface area contributed by atoms with Crippen molar-refractivity contribution in [3.05, 3.63) is 35.9 Å². The quantitative estimate of drug-likeness (QED) is 0.795. The lowest BCUT2D eigenvalue weighted by Crippen LogP contribution is -2.43. The molecular formula is C18H26N2O. The van der Waals surface area contributed by atoms with E-state index in [-0.39, 0.29) is 11.8 Å². The zero-order valence-electron chi connectivity index (χ0n) is 13.0. The molecule has 1 aromatic carbocycles. The molecule has 21 heavy (non-hydrogen) atoms. The number of carbonyl (C=O) groups is 1. The molecule has 3 heteroatoms. The summed E-state index contributed by atoms with van der Waals surface area (Å²) in [4.78, 5) is 17.6. The van der Waals surface area contributed by atoms with E-state index in [4.69, 9.17) is 0 Å². The minimum absolute atomic E-state index is 0.00203. The molecule has 0 radical (unpaired) electrons. The molecule has 3 rings (SSSR count). The highest BCUT2D eigenvalue weighted by Gasteiger charge is 2.33. The molecule has 3 nitrogen and oxygen atoms in total. The summed E-state index contributed by atoms with van der Waals surface area (Å²) < 4.78 is 0. The van der Waals surface area contributed by atoms with Crippen LogP contribution in [-0.4, -0.2) is 53.8 Å². The first-order chi connectivity index (χ1) is 10.3. The molecule has 2 aliphatic heterocycles. The van der Waals surface area contributed by atoms with Crippen LogP contribution in [0.3, 0.4) is 0 Å². The fourth-order valence-electron chi connectivity index (χ4n) is 3.71. The van der Waals surface area contributed by atoms with Crippen molar-refractivity contribution in [3.63, 3.8) is 0 Å². The predicted molar refractivity (Wildman–Crippen MR) is 85.6 cm³/mol. The molecule has 0 aromatic heterocycles. The Morgan fingerprint density at radius 2 is 1.81 bits per heavy atom. The van der Waals surface area contributed by atoms with Gasteiger partial charge in [0.05, 0.1) is 6.04 Å². The Hall–Kier alpha value is -1.19. The summed E-state index contributed by atoms with van der Waals surface area (Å²) in [7, 11) is 0. The summed E-state index contributed by atoms with van der Waals surface area (Å²) in [6, 6.07) is 10.4. The number of carbonyl (C=O) groups excluding carboxylic acids is 1. The van der Waals surface area contributed by atoms with E-state index in [1.54, 1.807) is 0 Å². The summed E-state index contributed by atoms with van der Waals surface area (Å²) in [6.45, 7) is 6.67. The van der Waals surface area contributed by atoms with Crippen molar-refractivity contribution >= 4 is 5.78 Å². The average Bonchev–Trinajstić information content (AvgIpc) is 3.05. The van der Waals surface area contributed by atoms with Gasteiger partial charge in [0.2, 0.25) is 0 Å². The third-order valence-corrected chi connectivity index (χ3v) is 5.09. The van der Waals surface area contributed by atoms with Gasteiger partial charge in [-0.1, -0.05) is 36.8 Å². The van der Waals surface area contributed by atoms with E-state index in [1.807, 2.05) is 30.3 Å². The molecule has 0 aliphatic carbocycles. The second kappa shape index (κ2) is 6.71. The molecule has 1 aromatic rings. The van der Waals surface area contributed by atoms with E-state index in [9.17, 15) is 4.79 Å². The average molecular weight is 286 g/mol. The monoisotopic (exact) mass is 286 g/mol. The van der Waals surface area contributed by atoms with Crippen LogP contribution in [-0.2, 0) is 0 Å². The molecule has 2 atom stereocenters. The van der Waals surface area contributed by atoms with E-state index in [0.717, 1.165) is 18.7 Å². The van der Waals surface area contributed by atoms with E-state index < -0.39 is 0 Å². The van der Waals surface area contributed by atoms with Gasteiger partial charge < -0.3 is 0 Å². The highest BCUT2D eigenvalue weighted by atomic mass is 16.1. The molecule has 0 bridgehead atoms. The van der Waals surface area contributed by atoms with Crippen LogP contribution >= 0.6 is 0 Å². The van der Waals surface area contributed by atoms with E-state index in [0.29, 0.717) is 6.04 Å². The van der Waals surface area contributed by atoms with Crippen LogP contribution in [0.5, 0.6) is 0 Å². The highest BCUT2D eigenvalue weighted by Crippen LogP contribution is 2.22. The molecule has 0 amide bonds. The third kappa shape index (κ3) is 3.35. The number of ketones is 1. The van der Waals surface area contributed by atoms with E-state index in [2.05, 4.69) is 16.7 Å². The number of benzene rings is 1. The van der Waals surface area contributed by atoms with Gasteiger partial charge in [-0.3, -0.25) is 14.6 Å². The molecule has 0 spiro atoms. The van der Waals surface area contributed by atoms with Crippen LogP contribution in [0.1, 0.15) is 43.0 Å². The van der Waals surface area contributed by atoms with Gasteiger partial charge in [-0.15, -0.1) is 0 Å². The zero-order chi connectivity index (χ0) is 14.7. The Morgan fingerprint density at radius 1 is 1.10 bits per heavy atom. The topological polar surface area (TPSA) is 23.6 Å². The molecule has 0 N–H and O–H groups in total. The number of piperidine rings is 1. The first kappa shape index (κ1) is 14.7. The maximum absolute atomic E-state index is 12.6. The predicted octanol–water partition coefficient (Wildman–Crippen LogP) is 2.82. The number of hydrogen-bond donors (Lipinski definition) is 0.